The fourth-order valence-electron chi connectivity index (χ4n) is 3.56. The van der Waals surface area contributed by atoms with Gasteiger partial charge in [0.1, 0.15) is 11.5 Å². The van der Waals surface area contributed by atoms with E-state index in [1.165, 1.54) is 57.8 Å². The van der Waals surface area contributed by atoms with Crippen molar-refractivity contribution < 1.29 is 9.52 Å². The van der Waals surface area contributed by atoms with Gasteiger partial charge in [-0.2, -0.15) is 0 Å². The third kappa shape index (κ3) is 7.09. The molecule has 1 unspecified atom stereocenters. The van der Waals surface area contributed by atoms with E-state index in [9.17, 15) is 5.11 Å². The molecule has 3 nitrogen and oxygen atoms in total. The van der Waals surface area contributed by atoms with E-state index in [0.29, 0.717) is 0 Å². The molecule has 1 aliphatic carbocycles. The molecule has 1 atom stereocenters. The number of rotatable bonds is 10. The van der Waals surface area contributed by atoms with Gasteiger partial charge in [-0.25, -0.2) is 0 Å². The maximum Gasteiger partial charge on any atom is 0.104 e. The number of unbranched alkanes of at least 4 members (excludes halogenated alkanes) is 2. The Bertz CT molecular complexity index is 433. The van der Waals surface area contributed by atoms with E-state index < -0.39 is 5.54 Å². The monoisotopic (exact) mass is 321 g/mol. The van der Waals surface area contributed by atoms with Crippen LogP contribution in [0.2, 0.25) is 0 Å². The lowest BCUT2D eigenvalue weighted by Crippen LogP contribution is -2.40. The average Bonchev–Trinajstić information content (AvgIpc) is 3.02. The van der Waals surface area contributed by atoms with Crippen molar-refractivity contribution in [3.05, 3.63) is 23.7 Å². The highest BCUT2D eigenvalue weighted by Crippen LogP contribution is 2.28. The zero-order valence-electron chi connectivity index (χ0n) is 14.9. The van der Waals surface area contributed by atoms with E-state index in [2.05, 4.69) is 12.1 Å². The maximum absolute atomic E-state index is 9.18. The molecule has 0 spiro atoms. The van der Waals surface area contributed by atoms with Crippen LogP contribution in [-0.2, 0) is 12.8 Å². The molecule has 3 heteroatoms. The molecule has 2 rings (SSSR count). The van der Waals surface area contributed by atoms with Gasteiger partial charge in [0.25, 0.3) is 0 Å². The summed E-state index contributed by atoms with van der Waals surface area (Å²) in [6.07, 6.45) is 15.3. The van der Waals surface area contributed by atoms with Gasteiger partial charge in [0.15, 0.2) is 0 Å². The fraction of sp³-hybridized carbons (Fsp3) is 0.800. The number of hydrogen-bond donors (Lipinski definition) is 2. The Morgan fingerprint density at radius 3 is 2.48 bits per heavy atom. The Hall–Kier alpha value is -0.800. The molecule has 1 fully saturated rings. The minimum atomic E-state index is -0.508. The van der Waals surface area contributed by atoms with Gasteiger partial charge < -0.3 is 15.3 Å². The highest BCUT2D eigenvalue weighted by Gasteiger charge is 2.17. The summed E-state index contributed by atoms with van der Waals surface area (Å²) in [4.78, 5) is 0. The van der Waals surface area contributed by atoms with Gasteiger partial charge in [0.05, 0.1) is 6.61 Å². The molecule has 0 bridgehead atoms. The molecule has 1 heterocycles. The van der Waals surface area contributed by atoms with Crippen molar-refractivity contribution in [3.8, 4) is 0 Å². The summed E-state index contributed by atoms with van der Waals surface area (Å²) >= 11 is 0. The largest absolute Gasteiger partial charge is 0.466 e. The third-order valence-electron chi connectivity index (χ3n) is 5.28. The van der Waals surface area contributed by atoms with Crippen LogP contribution in [-0.4, -0.2) is 17.3 Å². The first-order valence-electron chi connectivity index (χ1n) is 9.56. The topological polar surface area (TPSA) is 59.4 Å². The Morgan fingerprint density at radius 1 is 1.09 bits per heavy atom. The second-order valence-electron chi connectivity index (χ2n) is 7.78. The van der Waals surface area contributed by atoms with Crippen LogP contribution >= 0.6 is 0 Å². The fourth-order valence-corrected chi connectivity index (χ4v) is 3.56. The summed E-state index contributed by atoms with van der Waals surface area (Å²) in [5, 5.41) is 9.18. The summed E-state index contributed by atoms with van der Waals surface area (Å²) in [6, 6.07) is 4.16. The van der Waals surface area contributed by atoms with Crippen molar-refractivity contribution in [1.29, 1.82) is 0 Å². The summed E-state index contributed by atoms with van der Waals surface area (Å²) < 4.78 is 5.88. The van der Waals surface area contributed by atoms with E-state index in [0.717, 1.165) is 36.7 Å². The first-order valence-corrected chi connectivity index (χ1v) is 9.56. The third-order valence-corrected chi connectivity index (χ3v) is 5.28. The van der Waals surface area contributed by atoms with Crippen LogP contribution in [0.3, 0.4) is 0 Å². The van der Waals surface area contributed by atoms with Crippen molar-refractivity contribution in [1.82, 2.24) is 0 Å². The molecule has 1 aromatic rings. The Balaban J connectivity index is 1.57. The second kappa shape index (κ2) is 9.48. The average molecular weight is 322 g/mol. The number of aliphatic hydroxyl groups excluding tert-OH is 1. The van der Waals surface area contributed by atoms with Crippen molar-refractivity contribution >= 4 is 0 Å². The standard InChI is InChI=1S/C20H35NO2/c1-20(21,16-22)15-14-19-13-12-18(23-19)11-7-3-6-10-17-8-4-2-5-9-17/h12-13,17,22H,2-11,14-16,21H2,1H3. The van der Waals surface area contributed by atoms with Crippen molar-refractivity contribution in [2.24, 2.45) is 11.7 Å². The molecular weight excluding hydrogens is 286 g/mol. The highest BCUT2D eigenvalue weighted by molar-refractivity contribution is 5.08. The Labute approximate surface area is 141 Å². The number of aliphatic hydroxyl groups is 1. The molecule has 1 saturated carbocycles. The summed E-state index contributed by atoms with van der Waals surface area (Å²) in [7, 11) is 0. The van der Waals surface area contributed by atoms with Crippen LogP contribution in [0.5, 0.6) is 0 Å². The quantitative estimate of drug-likeness (QED) is 0.619. The lowest BCUT2D eigenvalue weighted by atomic mass is 9.85. The minimum Gasteiger partial charge on any atom is -0.466 e. The molecule has 0 aromatic carbocycles. The molecule has 0 amide bonds. The summed E-state index contributed by atoms with van der Waals surface area (Å²) in [6.45, 7) is 1.89. The maximum atomic E-state index is 9.18. The van der Waals surface area contributed by atoms with Crippen LogP contribution < -0.4 is 5.73 Å². The normalized spacial score (nSPS) is 18.9. The van der Waals surface area contributed by atoms with E-state index >= 15 is 0 Å². The van der Waals surface area contributed by atoms with E-state index in [1.54, 1.807) is 0 Å². The van der Waals surface area contributed by atoms with E-state index in [-0.39, 0.29) is 6.61 Å². The molecule has 0 aliphatic heterocycles. The Kier molecular flexibility index (Phi) is 7.64. The van der Waals surface area contributed by atoms with Crippen LogP contribution in [0, 0.1) is 5.92 Å². The predicted molar refractivity (Wildman–Crippen MR) is 95.5 cm³/mol. The molecule has 0 saturated heterocycles. The van der Waals surface area contributed by atoms with Gasteiger partial charge in [-0.05, 0) is 37.8 Å². The number of nitrogens with two attached hydrogens (primary N) is 1. The molecule has 1 aliphatic rings. The molecule has 3 N–H and O–H groups in total. The van der Waals surface area contributed by atoms with Crippen LogP contribution in [0.25, 0.3) is 0 Å². The van der Waals surface area contributed by atoms with Crippen LogP contribution in [0.15, 0.2) is 16.5 Å². The van der Waals surface area contributed by atoms with Crippen LogP contribution in [0.1, 0.15) is 82.7 Å². The smallest absolute Gasteiger partial charge is 0.104 e. The predicted octanol–water partition coefficient (Wildman–Crippen LogP) is 4.61. The number of furan rings is 1. The van der Waals surface area contributed by atoms with Crippen LogP contribution in [0.4, 0.5) is 0 Å². The molecular formula is C20H35NO2. The van der Waals surface area contributed by atoms with E-state index in [1.807, 2.05) is 6.92 Å². The van der Waals surface area contributed by atoms with Crippen molar-refractivity contribution in [2.45, 2.75) is 89.5 Å². The summed E-state index contributed by atoms with van der Waals surface area (Å²) in [5.74, 6) is 3.10. The molecule has 1 aromatic heterocycles. The lowest BCUT2D eigenvalue weighted by Gasteiger charge is -2.21. The lowest BCUT2D eigenvalue weighted by molar-refractivity contribution is 0.198. The van der Waals surface area contributed by atoms with Gasteiger partial charge in [-0.3, -0.25) is 0 Å². The number of hydrogen-bond acceptors (Lipinski definition) is 3. The Morgan fingerprint density at radius 2 is 1.78 bits per heavy atom. The second-order valence-corrected chi connectivity index (χ2v) is 7.78. The number of aryl methyl sites for hydroxylation is 2. The summed E-state index contributed by atoms with van der Waals surface area (Å²) in [5.41, 5.74) is 5.45. The van der Waals surface area contributed by atoms with Crippen molar-refractivity contribution in [2.75, 3.05) is 6.61 Å². The minimum absolute atomic E-state index is 0.0154. The molecule has 0 radical (unpaired) electrons. The van der Waals surface area contributed by atoms with Gasteiger partial charge in [0, 0.05) is 18.4 Å². The molecule has 132 valence electrons. The first kappa shape index (κ1) is 18.5. The van der Waals surface area contributed by atoms with Gasteiger partial charge in [0.2, 0.25) is 0 Å². The zero-order valence-corrected chi connectivity index (χ0v) is 14.9. The SMILES string of the molecule is CC(N)(CO)CCc1ccc(CCCCCC2CCCCC2)o1. The van der Waals surface area contributed by atoms with Gasteiger partial charge >= 0.3 is 0 Å². The van der Waals surface area contributed by atoms with Gasteiger partial charge in [-0.15, -0.1) is 0 Å². The highest BCUT2D eigenvalue weighted by atomic mass is 16.3. The zero-order chi connectivity index (χ0) is 16.5. The van der Waals surface area contributed by atoms with Gasteiger partial charge in [-0.1, -0.05) is 51.4 Å². The van der Waals surface area contributed by atoms with Crippen molar-refractivity contribution in [3.63, 3.8) is 0 Å². The molecule has 23 heavy (non-hydrogen) atoms. The first-order chi connectivity index (χ1) is 11.1. The van der Waals surface area contributed by atoms with E-state index in [4.69, 9.17) is 10.2 Å².